The third kappa shape index (κ3) is 14.0. The van der Waals surface area contributed by atoms with Crippen LogP contribution in [0.4, 0.5) is 10.2 Å². The first-order chi connectivity index (χ1) is 28.0. The summed E-state index contributed by atoms with van der Waals surface area (Å²) in [5, 5.41) is 45.0. The molecule has 2 aromatic heterocycles. The Morgan fingerprint density at radius 3 is 2.19 bits per heavy atom. The van der Waals surface area contributed by atoms with Crippen molar-refractivity contribution in [2.75, 3.05) is 32.2 Å². The summed E-state index contributed by atoms with van der Waals surface area (Å²) in [5.41, 5.74) is 4.48. The summed E-state index contributed by atoms with van der Waals surface area (Å²) in [6.07, 6.45) is 15.4. The number of nitrogen functional groups attached to an aromatic ring is 1. The Balaban J connectivity index is 1.20. The summed E-state index contributed by atoms with van der Waals surface area (Å²) < 4.78 is 56.4. The van der Waals surface area contributed by atoms with Crippen LogP contribution in [-0.2, 0) is 40.0 Å². The molecule has 0 bridgehead atoms. The number of aromatic nitrogens is 3. The van der Waals surface area contributed by atoms with Crippen LogP contribution in [0.15, 0.2) is 36.7 Å². The topological polar surface area (TPSA) is 228 Å². The molecule has 320 valence electrons. The van der Waals surface area contributed by atoms with Gasteiger partial charge in [-0.15, -0.1) is 0 Å². The third-order valence-electron chi connectivity index (χ3n) is 10.4. The van der Waals surface area contributed by atoms with E-state index in [2.05, 4.69) is 17.0 Å². The molecule has 5 N–H and O–H groups in total. The molecule has 58 heavy (non-hydrogen) atoms. The minimum atomic E-state index is -4.82. The molecule has 3 heterocycles. The van der Waals surface area contributed by atoms with Crippen molar-refractivity contribution in [2.45, 2.75) is 146 Å². The molecular formula is C41H60FN6O9P. The van der Waals surface area contributed by atoms with Gasteiger partial charge in [-0.2, -0.15) is 15.6 Å². The number of ether oxygens (including phenoxy) is 3. The minimum Gasteiger partial charge on any atom is -0.387 e. The van der Waals surface area contributed by atoms with E-state index in [-0.39, 0.29) is 30.3 Å². The number of nitrogens with zero attached hydrogens (tertiary/aromatic N) is 5. The zero-order chi connectivity index (χ0) is 41.8. The van der Waals surface area contributed by atoms with Gasteiger partial charge in [0.05, 0.1) is 37.7 Å². The van der Waals surface area contributed by atoms with Crippen LogP contribution >= 0.6 is 7.82 Å². The highest BCUT2D eigenvalue weighted by Crippen LogP contribution is 2.46. The van der Waals surface area contributed by atoms with Crippen molar-refractivity contribution >= 4 is 19.2 Å². The molecule has 3 aromatic rings. The molecule has 1 aliphatic rings. The van der Waals surface area contributed by atoms with Gasteiger partial charge < -0.3 is 35.1 Å². The molecule has 4 rings (SSSR count). The zero-order valence-electron chi connectivity index (χ0n) is 33.6. The van der Waals surface area contributed by atoms with Gasteiger partial charge in [0.15, 0.2) is 5.82 Å². The lowest BCUT2D eigenvalue weighted by Crippen LogP contribution is -2.41. The zero-order valence-corrected chi connectivity index (χ0v) is 34.4. The lowest BCUT2D eigenvalue weighted by atomic mass is 9.92. The monoisotopic (exact) mass is 830 g/mol. The minimum absolute atomic E-state index is 0.00181. The van der Waals surface area contributed by atoms with Crippen LogP contribution in [-0.4, -0.2) is 80.5 Å². The van der Waals surface area contributed by atoms with Crippen LogP contribution in [0.2, 0.25) is 0 Å². The molecule has 0 aliphatic carbocycles. The predicted octanol–water partition coefficient (Wildman–Crippen LogP) is 7.16. The van der Waals surface area contributed by atoms with E-state index >= 15 is 0 Å². The Morgan fingerprint density at radius 1 is 0.948 bits per heavy atom. The van der Waals surface area contributed by atoms with E-state index in [1.54, 1.807) is 6.07 Å². The Kier molecular flexibility index (Phi) is 19.9. The number of nitriles is 2. The fourth-order valence-corrected chi connectivity index (χ4v) is 7.76. The maximum absolute atomic E-state index is 14.2. The van der Waals surface area contributed by atoms with Crippen molar-refractivity contribution in [2.24, 2.45) is 0 Å². The molecule has 1 saturated heterocycles. The second kappa shape index (κ2) is 24.5. The smallest absolute Gasteiger partial charge is 0.387 e. The third-order valence-corrected chi connectivity index (χ3v) is 11.3. The molecule has 1 fully saturated rings. The molecule has 15 nitrogen and oxygen atoms in total. The molecule has 6 atom stereocenters. The normalized spacial score (nSPS) is 20.8. The fraction of sp³-hybridized carbons (Fsp3) is 0.659. The van der Waals surface area contributed by atoms with Crippen LogP contribution in [0.5, 0.6) is 0 Å². The molecular weight excluding hydrogens is 770 g/mol. The Morgan fingerprint density at radius 2 is 1.59 bits per heavy atom. The van der Waals surface area contributed by atoms with Gasteiger partial charge >= 0.3 is 7.82 Å². The SMILES string of the molecule is CCCCCCCCCCCCCCCCCCOC[C@H](COP(=O)(O)OC[C@H]1O[C@@](C#N)(c2ccc3c(N)ncnn23)[C@H](O)[C@@H]1O)OCc1ccc(C#N)c(F)c1. The number of anilines is 1. The first-order valence-corrected chi connectivity index (χ1v) is 22.1. The second-order valence-corrected chi connectivity index (χ2v) is 16.4. The Labute approximate surface area is 340 Å². The number of hydrogen-bond acceptors (Lipinski definition) is 13. The first kappa shape index (κ1) is 47.1. The van der Waals surface area contributed by atoms with Gasteiger partial charge in [-0.05, 0) is 36.2 Å². The van der Waals surface area contributed by atoms with Gasteiger partial charge in [0.2, 0.25) is 5.60 Å². The number of halogens is 1. The van der Waals surface area contributed by atoms with Gasteiger partial charge in [-0.1, -0.05) is 109 Å². The first-order valence-electron chi connectivity index (χ1n) is 20.6. The lowest BCUT2D eigenvalue weighted by Gasteiger charge is -2.24. The van der Waals surface area contributed by atoms with E-state index in [9.17, 15) is 29.3 Å². The van der Waals surface area contributed by atoms with E-state index in [0.29, 0.717) is 17.7 Å². The van der Waals surface area contributed by atoms with Crippen LogP contribution in [0.1, 0.15) is 126 Å². The van der Waals surface area contributed by atoms with Crippen molar-refractivity contribution in [1.82, 2.24) is 14.6 Å². The number of phosphoric ester groups is 1. The van der Waals surface area contributed by atoms with Gasteiger partial charge in [0.25, 0.3) is 0 Å². The summed E-state index contributed by atoms with van der Waals surface area (Å²) in [4.78, 5) is 14.5. The predicted molar refractivity (Wildman–Crippen MR) is 213 cm³/mol. The van der Waals surface area contributed by atoms with E-state index in [1.165, 1.54) is 118 Å². The number of aliphatic hydroxyl groups is 2. The van der Waals surface area contributed by atoms with Crippen LogP contribution < -0.4 is 5.73 Å². The fourth-order valence-electron chi connectivity index (χ4n) is 7.00. The van der Waals surface area contributed by atoms with Crippen molar-refractivity contribution in [1.29, 1.82) is 10.5 Å². The highest BCUT2D eigenvalue weighted by Gasteiger charge is 2.58. The standard InChI is InChI=1S/C41H60FN6O9P/c1-2-3-4-5-6-7-8-9-10-11-12-13-14-15-16-17-22-53-26-33(54-25-31-18-19-32(24-43)34(42)23-31)27-55-58(51,52)56-28-36-38(49)39(50)41(29-44,57-36)37-21-20-35-40(45)46-30-47-48(35)37/h18-21,23,30,33,36,38-39,49-50H,2-17,22,25-28H2,1H3,(H,51,52)(H2,45,46,47)/t33-,36-,38-,39-,41+/m1/s1. The van der Waals surface area contributed by atoms with Gasteiger partial charge in [0, 0.05) is 6.61 Å². The summed E-state index contributed by atoms with van der Waals surface area (Å²) in [6.45, 7) is 1.39. The number of phosphoric acid groups is 1. The molecule has 0 saturated carbocycles. The number of unbranched alkanes of at least 4 members (excludes halogenated alkanes) is 15. The molecule has 0 radical (unpaired) electrons. The molecule has 1 aliphatic heterocycles. The van der Waals surface area contributed by atoms with Crippen molar-refractivity contribution in [3.8, 4) is 12.1 Å². The van der Waals surface area contributed by atoms with Gasteiger partial charge in [-0.3, -0.25) is 9.05 Å². The van der Waals surface area contributed by atoms with E-state index in [0.717, 1.165) is 25.6 Å². The molecule has 1 unspecified atom stereocenters. The molecule has 0 spiro atoms. The number of benzene rings is 1. The summed E-state index contributed by atoms with van der Waals surface area (Å²) in [5.74, 6) is -0.591. The van der Waals surface area contributed by atoms with Gasteiger partial charge in [-0.25, -0.2) is 18.5 Å². The van der Waals surface area contributed by atoms with Crippen molar-refractivity contribution in [3.05, 3.63) is 59.3 Å². The van der Waals surface area contributed by atoms with Crippen LogP contribution in [0.25, 0.3) is 5.52 Å². The maximum atomic E-state index is 14.2. The number of aliphatic hydroxyl groups excluding tert-OH is 2. The number of hydrogen-bond donors (Lipinski definition) is 4. The highest BCUT2D eigenvalue weighted by molar-refractivity contribution is 7.47. The summed E-state index contributed by atoms with van der Waals surface area (Å²) in [6, 6.07) is 10.7. The summed E-state index contributed by atoms with van der Waals surface area (Å²) in [7, 11) is -4.82. The van der Waals surface area contributed by atoms with Crippen molar-refractivity contribution in [3.63, 3.8) is 0 Å². The lowest BCUT2D eigenvalue weighted by molar-refractivity contribution is -0.0690. The average molecular weight is 831 g/mol. The van der Waals surface area contributed by atoms with Crippen LogP contribution in [0.3, 0.4) is 0 Å². The second-order valence-electron chi connectivity index (χ2n) is 14.9. The maximum Gasteiger partial charge on any atom is 0.472 e. The largest absolute Gasteiger partial charge is 0.472 e. The van der Waals surface area contributed by atoms with Gasteiger partial charge in [0.1, 0.15) is 54.2 Å². The van der Waals surface area contributed by atoms with Crippen LogP contribution in [0, 0.1) is 28.5 Å². The molecule has 0 amide bonds. The van der Waals surface area contributed by atoms with E-state index in [1.807, 2.05) is 6.07 Å². The molecule has 1 aromatic carbocycles. The number of nitrogens with two attached hydrogens (primary N) is 1. The van der Waals surface area contributed by atoms with E-state index < -0.39 is 56.9 Å². The summed E-state index contributed by atoms with van der Waals surface area (Å²) >= 11 is 0. The Bertz CT molecular complexity index is 1820. The highest BCUT2D eigenvalue weighted by atomic mass is 31.2. The molecule has 17 heteroatoms. The van der Waals surface area contributed by atoms with E-state index in [4.69, 9.17) is 34.3 Å². The quantitative estimate of drug-likeness (QED) is 0.0402. The Hall–Kier alpha value is -3.54. The number of rotatable bonds is 29. The van der Waals surface area contributed by atoms with Crippen molar-refractivity contribution < 1.29 is 47.3 Å². The average Bonchev–Trinajstić information content (AvgIpc) is 3.76. The number of fused-ring (bicyclic) bond motifs is 1.